The van der Waals surface area contributed by atoms with Crippen LogP contribution in [0.1, 0.15) is 23.9 Å². The lowest BCUT2D eigenvalue weighted by Gasteiger charge is -1.95. The van der Waals surface area contributed by atoms with Crippen molar-refractivity contribution >= 4 is 6.08 Å². The maximum Gasteiger partial charge on any atom is 0.226 e. The van der Waals surface area contributed by atoms with E-state index in [-0.39, 0.29) is 0 Å². The van der Waals surface area contributed by atoms with E-state index >= 15 is 0 Å². The Morgan fingerprint density at radius 3 is 2.56 bits per heavy atom. The highest BCUT2D eigenvalue weighted by molar-refractivity contribution is 5.58. The highest BCUT2D eigenvalue weighted by Crippen LogP contribution is 2.22. The Morgan fingerprint density at radius 2 is 1.89 bits per heavy atom. The van der Waals surface area contributed by atoms with E-state index in [2.05, 4.69) is 23.7 Å². The van der Waals surface area contributed by atoms with E-state index < -0.39 is 0 Å². The van der Waals surface area contributed by atoms with Crippen molar-refractivity contribution in [2.24, 2.45) is 0 Å². The van der Waals surface area contributed by atoms with Gasteiger partial charge in [0.2, 0.25) is 5.89 Å². The molecule has 1 aromatic carbocycles. The summed E-state index contributed by atoms with van der Waals surface area (Å²) in [5, 5.41) is 0. The molecule has 18 heavy (non-hydrogen) atoms. The molecule has 0 atom stereocenters. The van der Waals surface area contributed by atoms with Crippen molar-refractivity contribution < 1.29 is 4.42 Å². The fraction of sp³-hybridized carbons (Fsp3) is 0.188. The number of oxazole rings is 1. The van der Waals surface area contributed by atoms with Crippen molar-refractivity contribution in [3.05, 3.63) is 47.4 Å². The minimum Gasteiger partial charge on any atom is -0.441 e. The third-order valence-corrected chi connectivity index (χ3v) is 2.60. The first-order valence-electron chi connectivity index (χ1n) is 5.84. The molecule has 0 bridgehead atoms. The van der Waals surface area contributed by atoms with Gasteiger partial charge in [0.1, 0.15) is 11.5 Å². The standard InChI is InChI=1S/C16H15NO/c1-4-5-6-7-15-13(3)18-16(17-15)14-10-8-12(2)9-11-14/h6-11H,1-3H3/b7-6-. The first-order chi connectivity index (χ1) is 8.70. The van der Waals surface area contributed by atoms with Crippen molar-refractivity contribution in [1.29, 1.82) is 0 Å². The molecule has 0 aliphatic rings. The molecule has 0 saturated carbocycles. The average Bonchev–Trinajstić information content (AvgIpc) is 2.72. The quantitative estimate of drug-likeness (QED) is 0.738. The lowest BCUT2D eigenvalue weighted by molar-refractivity contribution is 0.542. The molecule has 1 aromatic heterocycles. The van der Waals surface area contributed by atoms with E-state index in [0.29, 0.717) is 5.89 Å². The highest BCUT2D eigenvalue weighted by Gasteiger charge is 2.08. The predicted molar refractivity (Wildman–Crippen MR) is 73.9 cm³/mol. The van der Waals surface area contributed by atoms with Gasteiger partial charge >= 0.3 is 0 Å². The Hall–Kier alpha value is -2.27. The van der Waals surface area contributed by atoms with Crippen LogP contribution in [0.5, 0.6) is 0 Å². The summed E-state index contributed by atoms with van der Waals surface area (Å²) in [6.07, 6.45) is 3.65. The second-order valence-electron chi connectivity index (χ2n) is 4.05. The average molecular weight is 237 g/mol. The van der Waals surface area contributed by atoms with Crippen LogP contribution in [0.3, 0.4) is 0 Å². The molecular formula is C16H15NO. The van der Waals surface area contributed by atoms with Crippen LogP contribution in [0, 0.1) is 25.7 Å². The molecule has 90 valence electrons. The molecule has 1 heterocycles. The number of hydrogen-bond acceptors (Lipinski definition) is 2. The Bertz CT molecular complexity index is 621. The fourth-order valence-corrected chi connectivity index (χ4v) is 1.59. The van der Waals surface area contributed by atoms with E-state index in [1.165, 1.54) is 5.56 Å². The maximum absolute atomic E-state index is 5.66. The van der Waals surface area contributed by atoms with Gasteiger partial charge in [-0.2, -0.15) is 0 Å². The molecule has 0 N–H and O–H groups in total. The summed E-state index contributed by atoms with van der Waals surface area (Å²) in [5.41, 5.74) is 3.04. The number of rotatable bonds is 2. The summed E-state index contributed by atoms with van der Waals surface area (Å²) >= 11 is 0. The second kappa shape index (κ2) is 5.37. The number of aromatic nitrogens is 1. The summed E-state index contributed by atoms with van der Waals surface area (Å²) in [7, 11) is 0. The van der Waals surface area contributed by atoms with Crippen LogP contribution in [0.2, 0.25) is 0 Å². The number of benzene rings is 1. The molecule has 0 radical (unpaired) electrons. The van der Waals surface area contributed by atoms with Crippen LogP contribution < -0.4 is 0 Å². The van der Waals surface area contributed by atoms with Crippen molar-refractivity contribution in [2.75, 3.05) is 0 Å². The van der Waals surface area contributed by atoms with Gasteiger partial charge in [-0.15, -0.1) is 5.92 Å². The van der Waals surface area contributed by atoms with E-state index in [1.807, 2.05) is 37.3 Å². The van der Waals surface area contributed by atoms with Crippen molar-refractivity contribution in [2.45, 2.75) is 20.8 Å². The topological polar surface area (TPSA) is 26.0 Å². The van der Waals surface area contributed by atoms with E-state index in [4.69, 9.17) is 4.42 Å². The SMILES string of the molecule is CC#C/C=C\c1nc(-c2ccc(C)cc2)oc1C. The van der Waals surface area contributed by atoms with Crippen LogP contribution in [0.15, 0.2) is 34.8 Å². The molecule has 0 aliphatic heterocycles. The molecule has 2 aromatic rings. The lowest BCUT2D eigenvalue weighted by atomic mass is 10.1. The van der Waals surface area contributed by atoms with Gasteiger partial charge in [0.05, 0.1) is 0 Å². The first kappa shape index (κ1) is 12.2. The summed E-state index contributed by atoms with van der Waals surface area (Å²) in [6.45, 7) is 5.77. The van der Waals surface area contributed by atoms with E-state index in [1.54, 1.807) is 13.0 Å². The van der Waals surface area contributed by atoms with Crippen LogP contribution in [-0.4, -0.2) is 4.98 Å². The highest BCUT2D eigenvalue weighted by atomic mass is 16.4. The molecule has 0 fully saturated rings. The van der Waals surface area contributed by atoms with Crippen molar-refractivity contribution in [1.82, 2.24) is 4.98 Å². The molecule has 0 amide bonds. The summed E-state index contributed by atoms with van der Waals surface area (Å²) in [4.78, 5) is 4.46. The Balaban J connectivity index is 2.32. The van der Waals surface area contributed by atoms with Crippen molar-refractivity contribution in [3.63, 3.8) is 0 Å². The zero-order valence-electron chi connectivity index (χ0n) is 10.8. The Labute approximate surface area is 107 Å². The van der Waals surface area contributed by atoms with Gasteiger partial charge in [0, 0.05) is 5.56 Å². The molecular weight excluding hydrogens is 222 g/mol. The first-order valence-corrected chi connectivity index (χ1v) is 5.84. The van der Waals surface area contributed by atoms with Gasteiger partial charge in [-0.1, -0.05) is 23.6 Å². The van der Waals surface area contributed by atoms with Crippen LogP contribution in [0.4, 0.5) is 0 Å². The molecule has 2 rings (SSSR count). The predicted octanol–water partition coefficient (Wildman–Crippen LogP) is 3.99. The largest absolute Gasteiger partial charge is 0.441 e. The van der Waals surface area contributed by atoms with Crippen LogP contribution >= 0.6 is 0 Å². The Morgan fingerprint density at radius 1 is 1.17 bits per heavy atom. The monoisotopic (exact) mass is 237 g/mol. The third kappa shape index (κ3) is 2.70. The molecule has 0 saturated heterocycles. The van der Waals surface area contributed by atoms with Crippen molar-refractivity contribution in [3.8, 4) is 23.3 Å². The molecule has 0 spiro atoms. The molecule has 0 aliphatic carbocycles. The number of aryl methyl sites for hydroxylation is 2. The summed E-state index contributed by atoms with van der Waals surface area (Å²) in [5.74, 6) is 7.13. The minimum atomic E-state index is 0.650. The van der Waals surface area contributed by atoms with Crippen LogP contribution in [-0.2, 0) is 0 Å². The van der Waals surface area contributed by atoms with Crippen LogP contribution in [0.25, 0.3) is 17.5 Å². The molecule has 2 nitrogen and oxygen atoms in total. The zero-order chi connectivity index (χ0) is 13.0. The number of hydrogen-bond donors (Lipinski definition) is 0. The second-order valence-corrected chi connectivity index (χ2v) is 4.05. The lowest BCUT2D eigenvalue weighted by Crippen LogP contribution is -1.79. The van der Waals surface area contributed by atoms with E-state index in [9.17, 15) is 0 Å². The van der Waals surface area contributed by atoms with Gasteiger partial charge < -0.3 is 4.42 Å². The summed E-state index contributed by atoms with van der Waals surface area (Å²) in [6, 6.07) is 8.12. The number of allylic oxidation sites excluding steroid dienone is 1. The summed E-state index contributed by atoms with van der Waals surface area (Å²) < 4.78 is 5.66. The molecule has 0 unspecified atom stereocenters. The fourth-order valence-electron chi connectivity index (χ4n) is 1.59. The third-order valence-electron chi connectivity index (χ3n) is 2.60. The van der Waals surface area contributed by atoms with Gasteiger partial charge in [0.15, 0.2) is 0 Å². The normalized spacial score (nSPS) is 10.4. The maximum atomic E-state index is 5.66. The van der Waals surface area contributed by atoms with Gasteiger partial charge in [-0.25, -0.2) is 4.98 Å². The number of nitrogens with zero attached hydrogens (tertiary/aromatic N) is 1. The Kier molecular flexibility index (Phi) is 3.64. The van der Waals surface area contributed by atoms with Gasteiger partial charge in [0.25, 0.3) is 0 Å². The smallest absolute Gasteiger partial charge is 0.226 e. The van der Waals surface area contributed by atoms with E-state index in [0.717, 1.165) is 17.0 Å². The zero-order valence-corrected chi connectivity index (χ0v) is 10.8. The van der Waals surface area contributed by atoms with Gasteiger partial charge in [-0.05, 0) is 45.1 Å². The van der Waals surface area contributed by atoms with Gasteiger partial charge in [-0.3, -0.25) is 0 Å². The molecule has 2 heteroatoms. The minimum absolute atomic E-state index is 0.650.